The van der Waals surface area contributed by atoms with Crippen molar-refractivity contribution in [3.05, 3.63) is 46.7 Å². The van der Waals surface area contributed by atoms with Crippen molar-refractivity contribution in [2.24, 2.45) is 11.7 Å². The third-order valence-electron chi connectivity index (χ3n) is 4.61. The molecule has 1 amide bonds. The van der Waals surface area contributed by atoms with Crippen LogP contribution in [0.3, 0.4) is 0 Å². The molecule has 1 aliphatic carbocycles. The van der Waals surface area contributed by atoms with E-state index in [4.69, 9.17) is 17.3 Å². The molecule has 0 spiro atoms. The van der Waals surface area contributed by atoms with Crippen molar-refractivity contribution in [2.75, 3.05) is 6.54 Å². The van der Waals surface area contributed by atoms with Crippen molar-refractivity contribution in [1.82, 2.24) is 15.1 Å². The zero-order chi connectivity index (χ0) is 16.4. The maximum atomic E-state index is 12.6. The largest absolute Gasteiger partial charge is 0.349 e. The third-order valence-corrected chi connectivity index (χ3v) is 4.93. The van der Waals surface area contributed by atoms with Gasteiger partial charge in [-0.15, -0.1) is 0 Å². The fraction of sp³-hybridized carbons (Fsp3) is 0.412. The van der Waals surface area contributed by atoms with Gasteiger partial charge in [0.05, 0.1) is 28.2 Å². The van der Waals surface area contributed by atoms with Crippen molar-refractivity contribution in [1.29, 1.82) is 0 Å². The van der Waals surface area contributed by atoms with Gasteiger partial charge < -0.3 is 11.1 Å². The highest BCUT2D eigenvalue weighted by molar-refractivity contribution is 6.32. The number of para-hydroxylation sites is 1. The molecule has 1 aliphatic rings. The van der Waals surface area contributed by atoms with Crippen molar-refractivity contribution < 1.29 is 4.79 Å². The number of aromatic nitrogens is 2. The third kappa shape index (κ3) is 3.12. The van der Waals surface area contributed by atoms with E-state index in [9.17, 15) is 4.79 Å². The van der Waals surface area contributed by atoms with Gasteiger partial charge in [0, 0.05) is 6.04 Å². The van der Waals surface area contributed by atoms with Gasteiger partial charge in [-0.05, 0) is 44.4 Å². The molecule has 23 heavy (non-hydrogen) atoms. The first-order chi connectivity index (χ1) is 11.1. The van der Waals surface area contributed by atoms with Crippen LogP contribution in [0.4, 0.5) is 0 Å². The maximum Gasteiger partial charge on any atom is 0.254 e. The average Bonchev–Trinajstić information content (AvgIpc) is 3.14. The van der Waals surface area contributed by atoms with E-state index in [1.807, 2.05) is 31.2 Å². The Hall–Kier alpha value is -1.85. The molecule has 122 valence electrons. The van der Waals surface area contributed by atoms with Crippen molar-refractivity contribution in [3.63, 3.8) is 0 Å². The van der Waals surface area contributed by atoms with Gasteiger partial charge in [-0.3, -0.25) is 4.79 Å². The van der Waals surface area contributed by atoms with Gasteiger partial charge in [-0.2, -0.15) is 5.10 Å². The Kier molecular flexibility index (Phi) is 4.68. The molecule has 1 heterocycles. The molecule has 6 heteroatoms. The first kappa shape index (κ1) is 16.0. The second-order valence-electron chi connectivity index (χ2n) is 6.01. The molecule has 0 saturated heterocycles. The standard InChI is InChI=1S/C17H21ClN4O/c1-11-13(17(23)21-15-7-4-5-12(15)9-19)10-20-22(11)16-8-3-2-6-14(16)18/h2-3,6,8,10,12,15H,4-5,7,9,19H2,1H3,(H,21,23). The van der Waals surface area contributed by atoms with Crippen LogP contribution < -0.4 is 11.1 Å². The van der Waals surface area contributed by atoms with E-state index >= 15 is 0 Å². The number of nitrogens with two attached hydrogens (primary N) is 1. The molecule has 1 aromatic heterocycles. The van der Waals surface area contributed by atoms with Gasteiger partial charge in [-0.25, -0.2) is 4.68 Å². The molecule has 2 aromatic rings. The molecule has 0 radical (unpaired) electrons. The minimum Gasteiger partial charge on any atom is -0.349 e. The second-order valence-corrected chi connectivity index (χ2v) is 6.42. The van der Waals surface area contributed by atoms with E-state index in [1.54, 1.807) is 10.9 Å². The van der Waals surface area contributed by atoms with Crippen molar-refractivity contribution in [2.45, 2.75) is 32.2 Å². The SMILES string of the molecule is Cc1c(C(=O)NC2CCCC2CN)cnn1-c1ccccc1Cl. The van der Waals surface area contributed by atoms with Crippen LogP contribution in [0.15, 0.2) is 30.5 Å². The van der Waals surface area contributed by atoms with Gasteiger partial charge in [0.15, 0.2) is 0 Å². The van der Waals surface area contributed by atoms with Gasteiger partial charge in [-0.1, -0.05) is 30.2 Å². The Labute approximate surface area is 140 Å². The quantitative estimate of drug-likeness (QED) is 0.904. The molecule has 5 nitrogen and oxygen atoms in total. The van der Waals surface area contributed by atoms with E-state index in [0.29, 0.717) is 23.0 Å². The van der Waals surface area contributed by atoms with Gasteiger partial charge in [0.25, 0.3) is 5.91 Å². The van der Waals surface area contributed by atoms with Gasteiger partial charge >= 0.3 is 0 Å². The molecule has 0 aliphatic heterocycles. The molecule has 3 N–H and O–H groups in total. The topological polar surface area (TPSA) is 72.9 Å². The van der Waals surface area contributed by atoms with Crippen LogP contribution in [-0.2, 0) is 0 Å². The van der Waals surface area contributed by atoms with Crippen molar-refractivity contribution in [3.8, 4) is 5.69 Å². The minimum atomic E-state index is -0.0915. The highest BCUT2D eigenvalue weighted by Gasteiger charge is 2.28. The van der Waals surface area contributed by atoms with E-state index in [0.717, 1.165) is 30.6 Å². The molecule has 1 saturated carbocycles. The molecule has 2 atom stereocenters. The Bertz CT molecular complexity index is 712. The van der Waals surface area contributed by atoms with Crippen LogP contribution >= 0.6 is 11.6 Å². The molecular weight excluding hydrogens is 312 g/mol. The number of benzene rings is 1. The predicted molar refractivity (Wildman–Crippen MR) is 91.0 cm³/mol. The summed E-state index contributed by atoms with van der Waals surface area (Å²) in [5, 5.41) is 8.04. The summed E-state index contributed by atoms with van der Waals surface area (Å²) in [4.78, 5) is 12.6. The number of hydrogen-bond donors (Lipinski definition) is 2. The lowest BCUT2D eigenvalue weighted by molar-refractivity contribution is 0.0928. The molecule has 2 unspecified atom stereocenters. The lowest BCUT2D eigenvalue weighted by Gasteiger charge is -2.19. The number of carbonyl (C=O) groups is 1. The number of nitrogens with one attached hydrogen (secondary N) is 1. The monoisotopic (exact) mass is 332 g/mol. The zero-order valence-electron chi connectivity index (χ0n) is 13.1. The zero-order valence-corrected chi connectivity index (χ0v) is 13.9. The molecular formula is C17H21ClN4O. The maximum absolute atomic E-state index is 12.6. The predicted octanol–water partition coefficient (Wildman–Crippen LogP) is 2.69. The number of rotatable bonds is 4. The Morgan fingerprint density at radius 2 is 2.22 bits per heavy atom. The second kappa shape index (κ2) is 6.72. The first-order valence-electron chi connectivity index (χ1n) is 7.92. The smallest absolute Gasteiger partial charge is 0.254 e. The Morgan fingerprint density at radius 3 is 2.96 bits per heavy atom. The lowest BCUT2D eigenvalue weighted by Crippen LogP contribution is -2.40. The minimum absolute atomic E-state index is 0.0915. The summed E-state index contributed by atoms with van der Waals surface area (Å²) >= 11 is 6.22. The van der Waals surface area contributed by atoms with E-state index in [1.165, 1.54) is 0 Å². The first-order valence-corrected chi connectivity index (χ1v) is 8.30. The van der Waals surface area contributed by atoms with Gasteiger partial charge in [0.2, 0.25) is 0 Å². The Balaban J connectivity index is 1.82. The van der Waals surface area contributed by atoms with Crippen LogP contribution in [0.2, 0.25) is 5.02 Å². The highest BCUT2D eigenvalue weighted by Crippen LogP contribution is 2.26. The van der Waals surface area contributed by atoms with Crippen LogP contribution in [0.25, 0.3) is 5.69 Å². The fourth-order valence-electron chi connectivity index (χ4n) is 3.25. The van der Waals surface area contributed by atoms with Crippen LogP contribution in [-0.4, -0.2) is 28.3 Å². The Morgan fingerprint density at radius 1 is 1.43 bits per heavy atom. The van der Waals surface area contributed by atoms with E-state index < -0.39 is 0 Å². The molecule has 1 fully saturated rings. The lowest BCUT2D eigenvalue weighted by atomic mass is 10.0. The van der Waals surface area contributed by atoms with Crippen LogP contribution in [0.1, 0.15) is 35.3 Å². The summed E-state index contributed by atoms with van der Waals surface area (Å²) in [5.74, 6) is 0.282. The summed E-state index contributed by atoms with van der Waals surface area (Å²) in [7, 11) is 0. The number of nitrogens with zero attached hydrogens (tertiary/aromatic N) is 2. The molecule has 1 aromatic carbocycles. The van der Waals surface area contributed by atoms with E-state index in [2.05, 4.69) is 10.4 Å². The fourth-order valence-corrected chi connectivity index (χ4v) is 3.47. The number of amides is 1. The molecule has 0 bridgehead atoms. The molecule has 3 rings (SSSR count). The summed E-state index contributed by atoms with van der Waals surface area (Å²) in [6.07, 6.45) is 4.79. The van der Waals surface area contributed by atoms with Crippen LogP contribution in [0, 0.1) is 12.8 Å². The summed E-state index contributed by atoms with van der Waals surface area (Å²) < 4.78 is 1.70. The van der Waals surface area contributed by atoms with E-state index in [-0.39, 0.29) is 11.9 Å². The normalized spacial score (nSPS) is 20.7. The summed E-state index contributed by atoms with van der Waals surface area (Å²) in [5.41, 5.74) is 7.90. The van der Waals surface area contributed by atoms with Crippen molar-refractivity contribution >= 4 is 17.5 Å². The number of hydrogen-bond acceptors (Lipinski definition) is 3. The number of halogens is 1. The van der Waals surface area contributed by atoms with Gasteiger partial charge in [0.1, 0.15) is 0 Å². The summed E-state index contributed by atoms with van der Waals surface area (Å²) in [6, 6.07) is 7.61. The summed E-state index contributed by atoms with van der Waals surface area (Å²) in [6.45, 7) is 2.49. The average molecular weight is 333 g/mol. The highest BCUT2D eigenvalue weighted by atomic mass is 35.5. The van der Waals surface area contributed by atoms with Crippen LogP contribution in [0.5, 0.6) is 0 Å². The number of carbonyl (C=O) groups excluding carboxylic acids is 1.